The maximum Gasteiger partial charge on any atom is 0.0719 e. The third-order valence-corrected chi connectivity index (χ3v) is 5.90. The number of halogens is 1. The minimum atomic E-state index is 0.766. The smallest absolute Gasteiger partial charge is 0.0719 e. The molecule has 1 saturated heterocycles. The lowest BCUT2D eigenvalue weighted by Gasteiger charge is -2.26. The lowest BCUT2D eigenvalue weighted by atomic mass is 10.0. The van der Waals surface area contributed by atoms with Gasteiger partial charge in [-0.25, -0.2) is 0 Å². The Hall–Kier alpha value is -1.12. The summed E-state index contributed by atoms with van der Waals surface area (Å²) in [6, 6.07) is 8.21. The number of likely N-dealkylation sites (tertiary alicyclic amines) is 1. The van der Waals surface area contributed by atoms with E-state index in [0.29, 0.717) is 0 Å². The SMILES string of the molecule is Clc1ccc2c(CCCCCCCCCN3CCCCC3)ccnc2c1. The predicted octanol–water partition coefficient (Wildman–Crippen LogP) is 6.65. The zero-order valence-corrected chi connectivity index (χ0v) is 16.8. The van der Waals surface area contributed by atoms with E-state index in [-0.39, 0.29) is 0 Å². The second kappa shape index (κ2) is 10.9. The molecule has 1 aromatic heterocycles. The lowest BCUT2D eigenvalue weighted by molar-refractivity contribution is 0.224. The van der Waals surface area contributed by atoms with Crippen LogP contribution in [0.2, 0.25) is 5.02 Å². The van der Waals surface area contributed by atoms with Crippen LogP contribution < -0.4 is 0 Å². The Morgan fingerprint density at radius 3 is 2.38 bits per heavy atom. The largest absolute Gasteiger partial charge is 0.303 e. The average molecular weight is 373 g/mol. The van der Waals surface area contributed by atoms with Crippen LogP contribution in [0.25, 0.3) is 10.9 Å². The Morgan fingerprint density at radius 2 is 1.58 bits per heavy atom. The summed E-state index contributed by atoms with van der Waals surface area (Å²) in [6.07, 6.45) is 16.9. The van der Waals surface area contributed by atoms with Crippen molar-refractivity contribution in [3.63, 3.8) is 0 Å². The molecule has 2 heterocycles. The molecule has 2 aromatic rings. The first-order valence-electron chi connectivity index (χ1n) is 10.6. The number of piperidine rings is 1. The van der Waals surface area contributed by atoms with Gasteiger partial charge in [-0.3, -0.25) is 4.98 Å². The molecule has 0 amide bonds. The second-order valence-corrected chi connectivity index (χ2v) is 8.20. The summed E-state index contributed by atoms with van der Waals surface area (Å²) >= 11 is 6.07. The number of aryl methyl sites for hydroxylation is 1. The minimum Gasteiger partial charge on any atom is -0.303 e. The molecule has 0 bridgehead atoms. The monoisotopic (exact) mass is 372 g/mol. The fourth-order valence-corrected chi connectivity index (χ4v) is 4.28. The van der Waals surface area contributed by atoms with Crippen molar-refractivity contribution in [1.82, 2.24) is 9.88 Å². The summed E-state index contributed by atoms with van der Waals surface area (Å²) in [6.45, 7) is 4.02. The first-order valence-corrected chi connectivity index (χ1v) is 11.0. The Bertz CT molecular complexity index is 664. The molecule has 3 rings (SSSR count). The molecular formula is C23H33ClN2. The number of benzene rings is 1. The van der Waals surface area contributed by atoms with Crippen molar-refractivity contribution in [3.8, 4) is 0 Å². The molecule has 0 atom stereocenters. The van der Waals surface area contributed by atoms with Gasteiger partial charge in [-0.1, -0.05) is 56.2 Å². The molecule has 0 saturated carbocycles. The van der Waals surface area contributed by atoms with Crippen LogP contribution in [0.1, 0.15) is 69.8 Å². The minimum absolute atomic E-state index is 0.766. The van der Waals surface area contributed by atoms with Crippen LogP contribution >= 0.6 is 11.6 Å². The maximum atomic E-state index is 6.07. The second-order valence-electron chi connectivity index (χ2n) is 7.76. The van der Waals surface area contributed by atoms with Gasteiger partial charge in [0.05, 0.1) is 5.52 Å². The van der Waals surface area contributed by atoms with Gasteiger partial charge >= 0.3 is 0 Å². The summed E-state index contributed by atoms with van der Waals surface area (Å²) in [7, 11) is 0. The first-order chi connectivity index (χ1) is 12.8. The normalized spacial score (nSPS) is 15.6. The number of aromatic nitrogens is 1. The molecule has 0 unspecified atom stereocenters. The third kappa shape index (κ3) is 6.25. The molecular weight excluding hydrogens is 340 g/mol. The quantitative estimate of drug-likeness (QED) is 0.434. The van der Waals surface area contributed by atoms with Gasteiger partial charge in [0.15, 0.2) is 0 Å². The molecule has 142 valence electrons. The standard InChI is InChI=1S/C23H33ClN2/c24-21-12-13-22-20(14-15-25-23(22)19-21)11-7-4-2-1-3-5-8-16-26-17-9-6-10-18-26/h12-15,19H,1-11,16-18H2. The average Bonchev–Trinajstić information content (AvgIpc) is 2.67. The number of hydrogen-bond acceptors (Lipinski definition) is 2. The zero-order valence-electron chi connectivity index (χ0n) is 16.1. The highest BCUT2D eigenvalue weighted by Gasteiger charge is 2.08. The molecule has 1 fully saturated rings. The van der Waals surface area contributed by atoms with Crippen molar-refractivity contribution in [3.05, 3.63) is 41.0 Å². The fourth-order valence-electron chi connectivity index (χ4n) is 4.12. The van der Waals surface area contributed by atoms with Gasteiger partial charge in [0.25, 0.3) is 0 Å². The van der Waals surface area contributed by atoms with Gasteiger partial charge in [0.2, 0.25) is 0 Å². The summed E-state index contributed by atoms with van der Waals surface area (Å²) < 4.78 is 0. The lowest BCUT2D eigenvalue weighted by Crippen LogP contribution is -2.30. The van der Waals surface area contributed by atoms with Gasteiger partial charge in [0, 0.05) is 16.6 Å². The number of nitrogens with zero attached hydrogens (tertiary/aromatic N) is 2. The predicted molar refractivity (Wildman–Crippen MR) is 113 cm³/mol. The molecule has 1 aromatic carbocycles. The molecule has 26 heavy (non-hydrogen) atoms. The molecule has 1 aliphatic rings. The number of fused-ring (bicyclic) bond motifs is 1. The van der Waals surface area contributed by atoms with Crippen molar-refractivity contribution in [2.45, 2.75) is 70.6 Å². The van der Waals surface area contributed by atoms with Crippen LogP contribution in [-0.2, 0) is 6.42 Å². The Kier molecular flexibility index (Phi) is 8.23. The van der Waals surface area contributed by atoms with E-state index in [0.717, 1.165) is 17.0 Å². The molecule has 0 aliphatic carbocycles. The van der Waals surface area contributed by atoms with Gasteiger partial charge in [0.1, 0.15) is 0 Å². The number of pyridine rings is 1. The van der Waals surface area contributed by atoms with Crippen molar-refractivity contribution in [2.24, 2.45) is 0 Å². The first kappa shape index (κ1) is 19.6. The number of hydrogen-bond donors (Lipinski definition) is 0. The maximum absolute atomic E-state index is 6.07. The van der Waals surface area contributed by atoms with Crippen LogP contribution in [0, 0.1) is 0 Å². The van der Waals surface area contributed by atoms with E-state index in [4.69, 9.17) is 11.6 Å². The summed E-state index contributed by atoms with van der Waals surface area (Å²) in [5.74, 6) is 0. The zero-order chi connectivity index (χ0) is 18.0. The highest BCUT2D eigenvalue weighted by atomic mass is 35.5. The van der Waals surface area contributed by atoms with Crippen LogP contribution in [-0.4, -0.2) is 29.5 Å². The highest BCUT2D eigenvalue weighted by molar-refractivity contribution is 6.31. The van der Waals surface area contributed by atoms with Crippen molar-refractivity contribution < 1.29 is 0 Å². The van der Waals surface area contributed by atoms with Crippen LogP contribution in [0.5, 0.6) is 0 Å². The number of unbranched alkanes of at least 4 members (excludes halogenated alkanes) is 6. The Morgan fingerprint density at radius 1 is 0.846 bits per heavy atom. The van der Waals surface area contributed by atoms with Crippen LogP contribution in [0.4, 0.5) is 0 Å². The van der Waals surface area contributed by atoms with Gasteiger partial charge in [-0.15, -0.1) is 0 Å². The highest BCUT2D eigenvalue weighted by Crippen LogP contribution is 2.22. The molecule has 0 N–H and O–H groups in total. The van der Waals surface area contributed by atoms with E-state index in [1.165, 1.54) is 94.8 Å². The molecule has 1 aliphatic heterocycles. The summed E-state index contributed by atoms with van der Waals surface area (Å²) in [4.78, 5) is 7.10. The summed E-state index contributed by atoms with van der Waals surface area (Å²) in [5, 5.41) is 2.03. The fraction of sp³-hybridized carbons (Fsp3) is 0.609. The van der Waals surface area contributed by atoms with Gasteiger partial charge in [-0.2, -0.15) is 0 Å². The summed E-state index contributed by atoms with van der Waals surface area (Å²) in [5.41, 5.74) is 2.43. The number of rotatable bonds is 10. The molecule has 3 heteroatoms. The Balaban J connectivity index is 1.25. The van der Waals surface area contributed by atoms with Gasteiger partial charge < -0.3 is 4.90 Å². The van der Waals surface area contributed by atoms with Crippen molar-refractivity contribution >= 4 is 22.5 Å². The van der Waals surface area contributed by atoms with E-state index in [2.05, 4.69) is 22.0 Å². The molecule has 0 radical (unpaired) electrons. The Labute approximate surface area is 163 Å². The molecule has 0 spiro atoms. The van der Waals surface area contributed by atoms with E-state index >= 15 is 0 Å². The van der Waals surface area contributed by atoms with E-state index in [1.54, 1.807) is 0 Å². The van der Waals surface area contributed by atoms with E-state index in [1.807, 2.05) is 18.3 Å². The van der Waals surface area contributed by atoms with Crippen LogP contribution in [0.3, 0.4) is 0 Å². The van der Waals surface area contributed by atoms with Gasteiger partial charge in [-0.05, 0) is 75.5 Å². The van der Waals surface area contributed by atoms with Crippen LogP contribution in [0.15, 0.2) is 30.5 Å². The topological polar surface area (TPSA) is 16.1 Å². The van der Waals surface area contributed by atoms with Crippen molar-refractivity contribution in [2.75, 3.05) is 19.6 Å². The van der Waals surface area contributed by atoms with E-state index < -0.39 is 0 Å². The van der Waals surface area contributed by atoms with Crippen molar-refractivity contribution in [1.29, 1.82) is 0 Å². The third-order valence-electron chi connectivity index (χ3n) is 5.66. The molecule has 2 nitrogen and oxygen atoms in total. The van der Waals surface area contributed by atoms with E-state index in [9.17, 15) is 0 Å².